The molecule has 6 nitrogen and oxygen atoms in total. The summed E-state index contributed by atoms with van der Waals surface area (Å²) in [7, 11) is 0. The minimum absolute atomic E-state index is 0.0235. The van der Waals surface area contributed by atoms with Gasteiger partial charge in [0, 0.05) is 24.3 Å². The summed E-state index contributed by atoms with van der Waals surface area (Å²) in [5.41, 5.74) is 0. The number of aromatic hydroxyl groups is 2. The van der Waals surface area contributed by atoms with E-state index in [1.807, 2.05) is 27.7 Å². The molecule has 0 atom stereocenters. The van der Waals surface area contributed by atoms with Crippen molar-refractivity contribution in [1.29, 1.82) is 0 Å². The number of phenolic OH excluding ortho intramolecular Hbond substituents is 2. The van der Waals surface area contributed by atoms with Crippen molar-refractivity contribution in [3.05, 3.63) is 24.3 Å². The van der Waals surface area contributed by atoms with Gasteiger partial charge in [-0.05, 0) is 27.7 Å². The monoisotopic (exact) mass is 394 g/mol. The predicted molar refractivity (Wildman–Crippen MR) is 105 cm³/mol. The predicted octanol–water partition coefficient (Wildman–Crippen LogP) is 4.84. The lowest BCUT2D eigenvalue weighted by Crippen LogP contribution is -1.98. The van der Waals surface area contributed by atoms with Gasteiger partial charge in [0.05, 0.1) is 36.2 Å². The molecule has 0 bridgehead atoms. The minimum Gasteiger partial charge on any atom is -0.504 e. The molecule has 0 aromatic heterocycles. The Hall–Kier alpha value is -2.41. The Morgan fingerprint density at radius 2 is 0.926 bits per heavy atom. The zero-order valence-corrected chi connectivity index (χ0v) is 16.9. The molecule has 0 unspecified atom stereocenters. The highest BCUT2D eigenvalue weighted by atomic mass is 32.2. The van der Waals surface area contributed by atoms with E-state index in [0.29, 0.717) is 49.4 Å². The van der Waals surface area contributed by atoms with Crippen molar-refractivity contribution in [2.75, 3.05) is 26.4 Å². The first-order valence-corrected chi connectivity index (χ1v) is 9.78. The number of ether oxygens (including phenoxy) is 4. The van der Waals surface area contributed by atoms with Crippen LogP contribution in [0.1, 0.15) is 27.7 Å². The number of benzene rings is 2. The Morgan fingerprint density at radius 3 is 1.26 bits per heavy atom. The average molecular weight is 394 g/mol. The summed E-state index contributed by atoms with van der Waals surface area (Å²) >= 11 is 1.39. The average Bonchev–Trinajstić information content (AvgIpc) is 2.63. The van der Waals surface area contributed by atoms with Crippen molar-refractivity contribution in [2.45, 2.75) is 37.5 Å². The highest BCUT2D eigenvalue weighted by Crippen LogP contribution is 2.47. The molecular formula is C20H26O6S. The summed E-state index contributed by atoms with van der Waals surface area (Å²) in [5, 5.41) is 20.3. The molecular weight excluding hydrogens is 368 g/mol. The van der Waals surface area contributed by atoms with Crippen LogP contribution in [-0.4, -0.2) is 36.6 Å². The lowest BCUT2D eigenvalue weighted by molar-refractivity contribution is 0.305. The second kappa shape index (κ2) is 10.1. The molecule has 2 rings (SSSR count). The van der Waals surface area contributed by atoms with Gasteiger partial charge in [-0.3, -0.25) is 0 Å². The van der Waals surface area contributed by atoms with Gasteiger partial charge in [-0.2, -0.15) is 0 Å². The quantitative estimate of drug-likeness (QED) is 0.597. The van der Waals surface area contributed by atoms with Crippen LogP contribution in [0.5, 0.6) is 34.5 Å². The molecule has 27 heavy (non-hydrogen) atoms. The Kier molecular flexibility index (Phi) is 7.79. The fourth-order valence-electron chi connectivity index (χ4n) is 2.42. The van der Waals surface area contributed by atoms with Gasteiger partial charge < -0.3 is 29.2 Å². The van der Waals surface area contributed by atoms with Crippen LogP contribution in [0.3, 0.4) is 0 Å². The number of rotatable bonds is 10. The van der Waals surface area contributed by atoms with Gasteiger partial charge in [0.1, 0.15) is 11.5 Å². The maximum atomic E-state index is 10.1. The van der Waals surface area contributed by atoms with E-state index in [4.69, 9.17) is 18.9 Å². The van der Waals surface area contributed by atoms with Crippen molar-refractivity contribution in [1.82, 2.24) is 0 Å². The molecule has 0 saturated heterocycles. The summed E-state index contributed by atoms with van der Waals surface area (Å²) in [6, 6.07) is 6.55. The standard InChI is InChI=1S/C20H26O6S/c1-5-23-15-11-19(17(25-7-3)9-13(15)21)27-20-12-16(24-6-2)14(22)10-18(20)26-8-4/h9-12,21-22H,5-8H2,1-4H3. The second-order valence-corrected chi connectivity index (χ2v) is 6.45. The Bertz CT molecular complexity index is 699. The summed E-state index contributed by atoms with van der Waals surface area (Å²) in [6.07, 6.45) is 0. The third-order valence-corrected chi connectivity index (χ3v) is 4.55. The molecule has 0 radical (unpaired) electrons. The maximum Gasteiger partial charge on any atom is 0.162 e. The molecule has 0 spiro atoms. The molecule has 0 saturated carbocycles. The second-order valence-electron chi connectivity index (χ2n) is 5.37. The van der Waals surface area contributed by atoms with E-state index in [9.17, 15) is 10.2 Å². The molecule has 2 aromatic rings. The fraction of sp³-hybridized carbons (Fsp3) is 0.400. The van der Waals surface area contributed by atoms with Crippen molar-refractivity contribution in [2.24, 2.45) is 0 Å². The van der Waals surface area contributed by atoms with Crippen LogP contribution in [0.15, 0.2) is 34.1 Å². The van der Waals surface area contributed by atoms with E-state index in [0.717, 1.165) is 9.79 Å². The third-order valence-electron chi connectivity index (χ3n) is 3.47. The Balaban J connectivity index is 2.49. The van der Waals surface area contributed by atoms with Crippen LogP contribution in [0.4, 0.5) is 0 Å². The lowest BCUT2D eigenvalue weighted by Gasteiger charge is -2.17. The largest absolute Gasteiger partial charge is 0.504 e. The van der Waals surface area contributed by atoms with Crippen molar-refractivity contribution in [3.63, 3.8) is 0 Å². The summed E-state index contributed by atoms with van der Waals surface area (Å²) < 4.78 is 22.3. The van der Waals surface area contributed by atoms with Gasteiger partial charge >= 0.3 is 0 Å². The molecule has 0 fully saturated rings. The van der Waals surface area contributed by atoms with E-state index >= 15 is 0 Å². The zero-order valence-electron chi connectivity index (χ0n) is 16.1. The third kappa shape index (κ3) is 5.29. The summed E-state index contributed by atoms with van der Waals surface area (Å²) in [6.45, 7) is 9.24. The van der Waals surface area contributed by atoms with E-state index in [1.165, 1.54) is 11.8 Å². The minimum atomic E-state index is 0.0235. The molecule has 0 aliphatic heterocycles. The van der Waals surface area contributed by atoms with Crippen LogP contribution in [0.25, 0.3) is 0 Å². The van der Waals surface area contributed by atoms with E-state index in [2.05, 4.69) is 0 Å². The van der Waals surface area contributed by atoms with Crippen molar-refractivity contribution >= 4 is 11.8 Å². The SMILES string of the molecule is CCOc1cc(Sc2cc(OCC)c(O)cc2OCC)c(OCC)cc1O. The Morgan fingerprint density at radius 1 is 0.593 bits per heavy atom. The van der Waals surface area contributed by atoms with Crippen LogP contribution in [0, 0.1) is 0 Å². The van der Waals surface area contributed by atoms with Crippen LogP contribution < -0.4 is 18.9 Å². The number of hydrogen-bond donors (Lipinski definition) is 2. The molecule has 7 heteroatoms. The topological polar surface area (TPSA) is 77.4 Å². The maximum absolute atomic E-state index is 10.1. The molecule has 148 valence electrons. The summed E-state index contributed by atoms with van der Waals surface area (Å²) in [4.78, 5) is 1.51. The van der Waals surface area contributed by atoms with Gasteiger partial charge in [-0.1, -0.05) is 11.8 Å². The normalized spacial score (nSPS) is 10.5. The number of hydrogen-bond acceptors (Lipinski definition) is 7. The Labute approximate surface area is 164 Å². The molecule has 2 N–H and O–H groups in total. The van der Waals surface area contributed by atoms with Crippen molar-refractivity contribution in [3.8, 4) is 34.5 Å². The van der Waals surface area contributed by atoms with Gasteiger partial charge in [-0.15, -0.1) is 0 Å². The highest BCUT2D eigenvalue weighted by molar-refractivity contribution is 7.99. The van der Waals surface area contributed by atoms with Crippen molar-refractivity contribution < 1.29 is 29.2 Å². The van der Waals surface area contributed by atoms with Gasteiger partial charge in [-0.25, -0.2) is 0 Å². The number of phenols is 2. The first kappa shape index (κ1) is 20.9. The highest BCUT2D eigenvalue weighted by Gasteiger charge is 2.17. The van der Waals surface area contributed by atoms with Gasteiger partial charge in [0.25, 0.3) is 0 Å². The molecule has 0 amide bonds. The molecule has 0 heterocycles. The lowest BCUT2D eigenvalue weighted by atomic mass is 10.3. The van der Waals surface area contributed by atoms with Crippen LogP contribution >= 0.6 is 11.8 Å². The van der Waals surface area contributed by atoms with Crippen LogP contribution in [0.2, 0.25) is 0 Å². The zero-order chi connectivity index (χ0) is 19.8. The van der Waals surface area contributed by atoms with E-state index in [-0.39, 0.29) is 11.5 Å². The van der Waals surface area contributed by atoms with E-state index < -0.39 is 0 Å². The smallest absolute Gasteiger partial charge is 0.162 e. The van der Waals surface area contributed by atoms with Gasteiger partial charge in [0.2, 0.25) is 0 Å². The van der Waals surface area contributed by atoms with E-state index in [1.54, 1.807) is 24.3 Å². The molecule has 0 aliphatic rings. The summed E-state index contributed by atoms with van der Waals surface area (Å²) in [5.74, 6) is 1.88. The first-order valence-electron chi connectivity index (χ1n) is 8.96. The fourth-order valence-corrected chi connectivity index (χ4v) is 3.42. The van der Waals surface area contributed by atoms with Crippen LogP contribution in [-0.2, 0) is 0 Å². The molecule has 0 aliphatic carbocycles. The molecule has 2 aromatic carbocycles. The van der Waals surface area contributed by atoms with Gasteiger partial charge in [0.15, 0.2) is 23.0 Å². The first-order chi connectivity index (χ1) is 13.0.